The summed E-state index contributed by atoms with van der Waals surface area (Å²) >= 11 is 0. The van der Waals surface area contributed by atoms with Crippen molar-refractivity contribution in [3.63, 3.8) is 0 Å². The Labute approximate surface area is 218 Å². The van der Waals surface area contributed by atoms with Gasteiger partial charge in [-0.25, -0.2) is 0 Å². The van der Waals surface area contributed by atoms with Gasteiger partial charge >= 0.3 is 5.97 Å². The Morgan fingerprint density at radius 3 is 2.30 bits per heavy atom. The fourth-order valence-electron chi connectivity index (χ4n) is 4.34. The van der Waals surface area contributed by atoms with Gasteiger partial charge in [0.25, 0.3) is 5.91 Å². The number of hydrogen-bond donors (Lipinski definition) is 0. The second-order valence-corrected chi connectivity index (χ2v) is 9.09. The first-order valence-corrected chi connectivity index (χ1v) is 12.8. The third-order valence-electron chi connectivity index (χ3n) is 6.40. The lowest BCUT2D eigenvalue weighted by atomic mass is 10.1. The van der Waals surface area contributed by atoms with E-state index in [1.807, 2.05) is 61.5 Å². The van der Waals surface area contributed by atoms with Gasteiger partial charge in [-0.1, -0.05) is 60.7 Å². The molecule has 1 heterocycles. The minimum Gasteiger partial charge on any atom is -0.484 e. The van der Waals surface area contributed by atoms with Crippen molar-refractivity contribution in [1.29, 1.82) is 0 Å². The normalized spacial score (nSPS) is 10.9. The van der Waals surface area contributed by atoms with Crippen molar-refractivity contribution in [3.8, 4) is 5.75 Å². The summed E-state index contributed by atoms with van der Waals surface area (Å²) in [4.78, 5) is 26.4. The molecule has 4 rings (SSSR count). The maximum absolute atomic E-state index is 12.7. The SMILES string of the molecule is CCOC(=O)CCc1cn(Cc2ccccc2)c2ccc(OCC(=O)N(C)CCc3ccccc3)cc12. The average Bonchev–Trinajstić information content (AvgIpc) is 3.26. The van der Waals surface area contributed by atoms with E-state index in [9.17, 15) is 9.59 Å². The minimum atomic E-state index is -0.206. The first kappa shape index (κ1) is 26.0. The Morgan fingerprint density at radius 2 is 1.59 bits per heavy atom. The van der Waals surface area contributed by atoms with Gasteiger partial charge in [-0.3, -0.25) is 9.59 Å². The Kier molecular flexibility index (Phi) is 8.98. The summed E-state index contributed by atoms with van der Waals surface area (Å²) in [5.74, 6) is 0.357. The van der Waals surface area contributed by atoms with E-state index in [-0.39, 0.29) is 18.5 Å². The number of carbonyl (C=O) groups is 2. The number of carbonyl (C=O) groups excluding carboxylic acids is 2. The fourth-order valence-corrected chi connectivity index (χ4v) is 4.34. The van der Waals surface area contributed by atoms with Gasteiger partial charge in [-0.2, -0.15) is 0 Å². The fraction of sp³-hybridized carbons (Fsp3) is 0.290. The van der Waals surface area contributed by atoms with Gasteiger partial charge in [-0.15, -0.1) is 0 Å². The summed E-state index contributed by atoms with van der Waals surface area (Å²) in [5.41, 5.74) is 4.50. The van der Waals surface area contributed by atoms with Crippen LogP contribution in [-0.2, 0) is 33.7 Å². The molecule has 6 heteroatoms. The number of amides is 1. The second-order valence-electron chi connectivity index (χ2n) is 9.09. The van der Waals surface area contributed by atoms with E-state index in [0.717, 1.165) is 29.4 Å². The molecule has 4 aromatic rings. The van der Waals surface area contributed by atoms with Crippen LogP contribution in [0, 0.1) is 0 Å². The number of hydrogen-bond acceptors (Lipinski definition) is 4. The summed E-state index contributed by atoms with van der Waals surface area (Å²) in [5, 5.41) is 1.02. The molecular weight excluding hydrogens is 464 g/mol. The Hall–Kier alpha value is -4.06. The molecular formula is C31H34N2O4. The summed E-state index contributed by atoms with van der Waals surface area (Å²) in [6.45, 7) is 3.51. The van der Waals surface area contributed by atoms with Crippen LogP contribution in [0.4, 0.5) is 0 Å². The highest BCUT2D eigenvalue weighted by Crippen LogP contribution is 2.28. The van der Waals surface area contributed by atoms with Crippen molar-refractivity contribution >= 4 is 22.8 Å². The highest BCUT2D eigenvalue weighted by molar-refractivity contribution is 5.86. The molecule has 0 spiro atoms. The predicted molar refractivity (Wildman–Crippen MR) is 146 cm³/mol. The number of nitrogens with zero attached hydrogens (tertiary/aromatic N) is 2. The summed E-state index contributed by atoms with van der Waals surface area (Å²) in [6.07, 6.45) is 3.78. The van der Waals surface area contributed by atoms with E-state index in [2.05, 4.69) is 35.0 Å². The van der Waals surface area contributed by atoms with Crippen molar-refractivity contribution in [1.82, 2.24) is 9.47 Å². The molecule has 0 atom stereocenters. The lowest BCUT2D eigenvalue weighted by Crippen LogP contribution is -2.33. The second kappa shape index (κ2) is 12.8. The molecule has 192 valence electrons. The summed E-state index contributed by atoms with van der Waals surface area (Å²) in [6, 6.07) is 26.3. The van der Waals surface area contributed by atoms with Gasteiger partial charge in [0, 0.05) is 43.7 Å². The molecule has 0 aliphatic carbocycles. The number of esters is 1. The molecule has 0 saturated heterocycles. The van der Waals surface area contributed by atoms with E-state index in [1.165, 1.54) is 11.1 Å². The summed E-state index contributed by atoms with van der Waals surface area (Å²) in [7, 11) is 1.80. The minimum absolute atomic E-state index is 0.0281. The molecule has 0 unspecified atom stereocenters. The zero-order chi connectivity index (χ0) is 26.0. The van der Waals surface area contributed by atoms with Crippen molar-refractivity contribution in [3.05, 3.63) is 102 Å². The average molecular weight is 499 g/mol. The molecule has 1 amide bonds. The van der Waals surface area contributed by atoms with Crippen LogP contribution in [0.2, 0.25) is 0 Å². The number of ether oxygens (including phenoxy) is 2. The first-order chi connectivity index (χ1) is 18.0. The van der Waals surface area contributed by atoms with Gasteiger partial charge in [0.15, 0.2) is 6.61 Å². The van der Waals surface area contributed by atoms with Crippen LogP contribution < -0.4 is 4.74 Å². The van der Waals surface area contributed by atoms with Crippen LogP contribution in [0.5, 0.6) is 5.75 Å². The van der Waals surface area contributed by atoms with Gasteiger partial charge in [0.2, 0.25) is 0 Å². The summed E-state index contributed by atoms with van der Waals surface area (Å²) < 4.78 is 13.2. The van der Waals surface area contributed by atoms with Gasteiger partial charge in [0.05, 0.1) is 6.61 Å². The van der Waals surface area contributed by atoms with Crippen molar-refractivity contribution in [2.75, 3.05) is 26.8 Å². The third-order valence-corrected chi connectivity index (χ3v) is 6.40. The van der Waals surface area contributed by atoms with Crippen molar-refractivity contribution in [2.45, 2.75) is 32.7 Å². The Bertz CT molecular complexity index is 1320. The van der Waals surface area contributed by atoms with Crippen molar-refractivity contribution < 1.29 is 19.1 Å². The van der Waals surface area contributed by atoms with Crippen molar-refractivity contribution in [2.24, 2.45) is 0 Å². The monoisotopic (exact) mass is 498 g/mol. The molecule has 0 fully saturated rings. The van der Waals surface area contributed by atoms with E-state index >= 15 is 0 Å². The lowest BCUT2D eigenvalue weighted by Gasteiger charge is -2.17. The smallest absolute Gasteiger partial charge is 0.306 e. The highest BCUT2D eigenvalue weighted by Gasteiger charge is 2.14. The quantitative estimate of drug-likeness (QED) is 0.250. The molecule has 0 aliphatic heterocycles. The Balaban J connectivity index is 1.46. The molecule has 3 aromatic carbocycles. The maximum atomic E-state index is 12.7. The third kappa shape index (κ3) is 7.23. The Morgan fingerprint density at radius 1 is 0.892 bits per heavy atom. The molecule has 1 aromatic heterocycles. The highest BCUT2D eigenvalue weighted by atomic mass is 16.5. The van der Waals surface area contributed by atoms with Crippen LogP contribution in [0.15, 0.2) is 85.1 Å². The van der Waals surface area contributed by atoms with Crippen LogP contribution in [0.25, 0.3) is 10.9 Å². The van der Waals surface area contributed by atoms with Crippen LogP contribution >= 0.6 is 0 Å². The molecule has 37 heavy (non-hydrogen) atoms. The molecule has 0 N–H and O–H groups in total. The largest absolute Gasteiger partial charge is 0.484 e. The predicted octanol–water partition coefficient (Wildman–Crippen LogP) is 5.27. The molecule has 6 nitrogen and oxygen atoms in total. The van der Waals surface area contributed by atoms with Crippen LogP contribution in [-0.4, -0.2) is 48.1 Å². The lowest BCUT2D eigenvalue weighted by molar-refractivity contribution is -0.143. The molecule has 0 bridgehead atoms. The van der Waals surface area contributed by atoms with Gasteiger partial charge in [-0.05, 0) is 54.7 Å². The van der Waals surface area contributed by atoms with E-state index < -0.39 is 0 Å². The standard InChI is InChI=1S/C31H34N2O4/c1-3-36-31(35)17-14-26-22-33(21-25-12-8-5-9-13-25)29-16-15-27(20-28(26)29)37-23-30(34)32(2)19-18-24-10-6-4-7-11-24/h4-13,15-16,20,22H,3,14,17-19,21,23H2,1-2H3. The maximum Gasteiger partial charge on any atom is 0.306 e. The number of benzene rings is 3. The number of fused-ring (bicyclic) bond motifs is 1. The van der Waals surface area contributed by atoms with Gasteiger partial charge < -0.3 is 18.9 Å². The molecule has 0 aliphatic rings. The topological polar surface area (TPSA) is 60.8 Å². The molecule has 0 saturated carbocycles. The van der Waals surface area contributed by atoms with E-state index in [4.69, 9.17) is 9.47 Å². The zero-order valence-electron chi connectivity index (χ0n) is 21.6. The van der Waals surface area contributed by atoms with Gasteiger partial charge in [0.1, 0.15) is 5.75 Å². The number of aryl methyl sites for hydroxylation is 1. The van der Waals surface area contributed by atoms with Crippen LogP contribution in [0.3, 0.4) is 0 Å². The number of rotatable bonds is 12. The number of likely N-dealkylation sites (N-methyl/N-ethyl adjacent to an activating group) is 1. The molecule has 0 radical (unpaired) electrons. The van der Waals surface area contributed by atoms with E-state index in [0.29, 0.717) is 31.7 Å². The zero-order valence-corrected chi connectivity index (χ0v) is 21.6. The number of aromatic nitrogens is 1. The van der Waals surface area contributed by atoms with E-state index in [1.54, 1.807) is 11.9 Å². The first-order valence-electron chi connectivity index (χ1n) is 12.8. The van der Waals surface area contributed by atoms with Crippen LogP contribution in [0.1, 0.15) is 30.0 Å².